The van der Waals surface area contributed by atoms with Crippen molar-refractivity contribution in [1.82, 2.24) is 0 Å². The molecule has 0 heterocycles. The van der Waals surface area contributed by atoms with Crippen LogP contribution in [0.15, 0.2) is 30.3 Å². The van der Waals surface area contributed by atoms with E-state index < -0.39 is 11.8 Å². The van der Waals surface area contributed by atoms with Gasteiger partial charge in [0, 0.05) is 5.92 Å². The zero-order valence-corrected chi connectivity index (χ0v) is 7.97. The fourth-order valence-electron chi connectivity index (χ4n) is 1.03. The molecule has 0 fully saturated rings. The molecule has 0 saturated carbocycles. The third kappa shape index (κ3) is 3.64. The maximum absolute atomic E-state index is 11.8. The molecule has 0 aliphatic rings. The molecule has 1 aromatic carbocycles. The zero-order chi connectivity index (χ0) is 11.5. The first-order chi connectivity index (χ1) is 6.81. The molecule has 0 aliphatic carbocycles. The maximum Gasteiger partial charge on any atom is 0.457 e. The van der Waals surface area contributed by atoms with Crippen molar-refractivity contribution in [2.45, 2.75) is 18.7 Å². The molecule has 1 unspecified atom stereocenters. The summed E-state index contributed by atoms with van der Waals surface area (Å²) in [6, 6.07) is 7.99. The molecule has 0 aliphatic heterocycles. The van der Waals surface area contributed by atoms with Crippen molar-refractivity contribution in [2.75, 3.05) is 0 Å². The number of hydrogen-bond donors (Lipinski definition) is 1. The van der Waals surface area contributed by atoms with Gasteiger partial charge >= 0.3 is 6.18 Å². The highest BCUT2D eigenvalue weighted by atomic mass is 19.4. The Hall–Kier alpha value is -1.47. The van der Waals surface area contributed by atoms with Crippen molar-refractivity contribution >= 4 is 0 Å². The predicted molar refractivity (Wildman–Crippen MR) is 49.8 cm³/mol. The summed E-state index contributed by atoms with van der Waals surface area (Å²) >= 11 is 0. The Labute approximate surface area is 85.5 Å². The normalized spacial score (nSPS) is 15.0. The Bertz CT molecular complexity index is 382. The van der Waals surface area contributed by atoms with Gasteiger partial charge in [-0.1, -0.05) is 36.3 Å². The molecule has 15 heavy (non-hydrogen) atoms. The lowest BCUT2D eigenvalue weighted by Crippen LogP contribution is -2.19. The minimum atomic E-state index is -4.58. The van der Waals surface area contributed by atoms with Gasteiger partial charge in [-0.05, 0) is 12.5 Å². The van der Waals surface area contributed by atoms with Gasteiger partial charge in [-0.25, -0.2) is 0 Å². The summed E-state index contributed by atoms with van der Waals surface area (Å²) in [5, 5.41) is 9.68. The summed E-state index contributed by atoms with van der Waals surface area (Å²) in [4.78, 5) is 0. The smallest absolute Gasteiger partial charge is 0.374 e. The van der Waals surface area contributed by atoms with Crippen LogP contribution in [0.5, 0.6) is 0 Å². The van der Waals surface area contributed by atoms with Crippen LogP contribution >= 0.6 is 0 Å². The van der Waals surface area contributed by atoms with Crippen molar-refractivity contribution in [3.05, 3.63) is 35.9 Å². The van der Waals surface area contributed by atoms with E-state index in [1.54, 1.807) is 24.1 Å². The highest BCUT2D eigenvalue weighted by molar-refractivity contribution is 5.31. The lowest BCUT2D eigenvalue weighted by Gasteiger charge is -2.16. The van der Waals surface area contributed by atoms with Crippen molar-refractivity contribution in [1.29, 1.82) is 0 Å². The summed E-state index contributed by atoms with van der Waals surface area (Å²) in [6.45, 7) is 1.22. The molecular weight excluding hydrogens is 205 g/mol. The Kier molecular flexibility index (Phi) is 3.06. The summed E-state index contributed by atoms with van der Waals surface area (Å²) < 4.78 is 35.5. The first kappa shape index (κ1) is 11.6. The van der Waals surface area contributed by atoms with E-state index >= 15 is 0 Å². The standard InChI is InChI=1S/C11H9F3O/c1-10(15,7-8-11(12,13)14)9-5-3-2-4-6-9/h2-6,15H,1H3. The maximum atomic E-state index is 11.8. The molecule has 0 amide bonds. The van der Waals surface area contributed by atoms with E-state index in [0.29, 0.717) is 5.56 Å². The zero-order valence-electron chi connectivity index (χ0n) is 7.97. The first-order valence-electron chi connectivity index (χ1n) is 4.20. The highest BCUT2D eigenvalue weighted by Crippen LogP contribution is 2.20. The quantitative estimate of drug-likeness (QED) is 0.712. The van der Waals surface area contributed by atoms with Crippen LogP contribution in [-0.4, -0.2) is 11.3 Å². The topological polar surface area (TPSA) is 20.2 Å². The highest BCUT2D eigenvalue weighted by Gasteiger charge is 2.26. The molecule has 0 saturated heterocycles. The van der Waals surface area contributed by atoms with Crippen LogP contribution in [-0.2, 0) is 5.60 Å². The molecule has 0 bridgehead atoms. The van der Waals surface area contributed by atoms with E-state index in [1.165, 1.54) is 19.1 Å². The third-order valence-corrected chi connectivity index (χ3v) is 1.78. The summed E-state index contributed by atoms with van der Waals surface area (Å²) in [5.74, 6) is 2.86. The molecule has 0 aromatic heterocycles. The van der Waals surface area contributed by atoms with Gasteiger partial charge in [0.2, 0.25) is 0 Å². The first-order valence-corrected chi connectivity index (χ1v) is 4.20. The third-order valence-electron chi connectivity index (χ3n) is 1.78. The summed E-state index contributed by atoms with van der Waals surface area (Å²) in [6.07, 6.45) is -4.58. The largest absolute Gasteiger partial charge is 0.457 e. The molecule has 0 radical (unpaired) electrons. The van der Waals surface area contributed by atoms with Crippen LogP contribution < -0.4 is 0 Å². The minimum absolute atomic E-state index is 0.335. The summed E-state index contributed by atoms with van der Waals surface area (Å²) in [5.41, 5.74) is -1.45. The Morgan fingerprint density at radius 1 is 1.07 bits per heavy atom. The minimum Gasteiger partial charge on any atom is -0.374 e. The molecule has 1 atom stereocenters. The monoisotopic (exact) mass is 214 g/mol. The van der Waals surface area contributed by atoms with Crippen LogP contribution in [0.3, 0.4) is 0 Å². The molecular formula is C11H9F3O. The van der Waals surface area contributed by atoms with Crippen LogP contribution in [0, 0.1) is 11.8 Å². The lowest BCUT2D eigenvalue weighted by molar-refractivity contribution is -0.0703. The van der Waals surface area contributed by atoms with Crippen molar-refractivity contribution in [3.63, 3.8) is 0 Å². The molecule has 4 heteroatoms. The van der Waals surface area contributed by atoms with Gasteiger partial charge in [0.05, 0.1) is 0 Å². The second-order valence-corrected chi connectivity index (χ2v) is 3.19. The van der Waals surface area contributed by atoms with E-state index in [0.717, 1.165) is 5.92 Å². The fraction of sp³-hybridized carbons (Fsp3) is 0.273. The molecule has 1 aromatic rings. The van der Waals surface area contributed by atoms with Crippen LogP contribution in [0.4, 0.5) is 13.2 Å². The average molecular weight is 214 g/mol. The molecule has 1 N–H and O–H groups in total. The lowest BCUT2D eigenvalue weighted by atomic mass is 9.97. The molecule has 1 nitrogen and oxygen atoms in total. The van der Waals surface area contributed by atoms with E-state index in [1.807, 2.05) is 0 Å². The number of rotatable bonds is 1. The number of aliphatic hydroxyl groups is 1. The van der Waals surface area contributed by atoms with E-state index in [4.69, 9.17) is 0 Å². The number of halogens is 3. The number of alkyl halides is 3. The molecule has 0 spiro atoms. The van der Waals surface area contributed by atoms with Gasteiger partial charge < -0.3 is 5.11 Å². The van der Waals surface area contributed by atoms with Gasteiger partial charge in [-0.15, -0.1) is 0 Å². The second kappa shape index (κ2) is 3.95. The van der Waals surface area contributed by atoms with E-state index in [9.17, 15) is 18.3 Å². The van der Waals surface area contributed by atoms with Gasteiger partial charge in [0.15, 0.2) is 0 Å². The van der Waals surface area contributed by atoms with E-state index in [-0.39, 0.29) is 0 Å². The predicted octanol–water partition coefficient (Wildman–Crippen LogP) is 2.46. The Morgan fingerprint density at radius 3 is 2.07 bits per heavy atom. The Morgan fingerprint density at radius 2 is 1.60 bits per heavy atom. The van der Waals surface area contributed by atoms with Crippen molar-refractivity contribution in [3.8, 4) is 11.8 Å². The van der Waals surface area contributed by atoms with Crippen molar-refractivity contribution < 1.29 is 18.3 Å². The fourth-order valence-corrected chi connectivity index (χ4v) is 1.03. The van der Waals surface area contributed by atoms with Crippen molar-refractivity contribution in [2.24, 2.45) is 0 Å². The number of hydrogen-bond acceptors (Lipinski definition) is 1. The second-order valence-electron chi connectivity index (χ2n) is 3.19. The SMILES string of the molecule is CC(O)(C#CC(F)(F)F)c1ccccc1. The van der Waals surface area contributed by atoms with Gasteiger partial charge in [-0.3, -0.25) is 0 Å². The van der Waals surface area contributed by atoms with Gasteiger partial charge in [0.1, 0.15) is 5.60 Å². The molecule has 80 valence electrons. The van der Waals surface area contributed by atoms with Gasteiger partial charge in [-0.2, -0.15) is 13.2 Å². The van der Waals surface area contributed by atoms with E-state index in [2.05, 4.69) is 0 Å². The van der Waals surface area contributed by atoms with Crippen LogP contribution in [0.25, 0.3) is 0 Å². The van der Waals surface area contributed by atoms with Crippen LogP contribution in [0.1, 0.15) is 12.5 Å². The van der Waals surface area contributed by atoms with Gasteiger partial charge in [0.25, 0.3) is 0 Å². The summed E-state index contributed by atoms with van der Waals surface area (Å²) in [7, 11) is 0. The number of benzene rings is 1. The Balaban J connectivity index is 2.98. The average Bonchev–Trinajstić information content (AvgIpc) is 2.16. The molecule has 1 rings (SSSR count). The van der Waals surface area contributed by atoms with Crippen LogP contribution in [0.2, 0.25) is 0 Å².